The Hall–Kier alpha value is -4.01. The van der Waals surface area contributed by atoms with Crippen LogP contribution in [-0.4, -0.2) is 24.9 Å². The molecule has 9 heteroatoms. The second-order valence-corrected chi connectivity index (χ2v) is 7.52. The van der Waals surface area contributed by atoms with Crippen molar-refractivity contribution in [1.82, 2.24) is 10.6 Å². The smallest absolute Gasteiger partial charge is 0.256 e. The normalized spacial score (nSPS) is 10.5. The van der Waals surface area contributed by atoms with Gasteiger partial charge < -0.3 is 10.6 Å². The molecule has 3 aromatic rings. The number of benzene rings is 3. The number of amides is 2. The molecule has 0 bridgehead atoms. The van der Waals surface area contributed by atoms with Crippen molar-refractivity contribution in [3.05, 3.63) is 112 Å². The highest BCUT2D eigenvalue weighted by molar-refractivity contribution is 6.21. The van der Waals surface area contributed by atoms with E-state index in [4.69, 9.17) is 0 Å². The summed E-state index contributed by atoms with van der Waals surface area (Å²) in [5.41, 5.74) is -0.419. The first-order valence-corrected chi connectivity index (χ1v) is 10.7. The lowest BCUT2D eigenvalue weighted by molar-refractivity contribution is -0.123. The maximum absolute atomic E-state index is 14.2. The van der Waals surface area contributed by atoms with E-state index in [2.05, 4.69) is 10.6 Å². The van der Waals surface area contributed by atoms with Crippen molar-refractivity contribution in [3.63, 3.8) is 0 Å². The highest BCUT2D eigenvalue weighted by Crippen LogP contribution is 2.25. The van der Waals surface area contributed by atoms with E-state index in [-0.39, 0.29) is 13.1 Å². The summed E-state index contributed by atoms with van der Waals surface area (Å²) in [6.07, 6.45) is 1.14. The van der Waals surface area contributed by atoms with Gasteiger partial charge in [-0.3, -0.25) is 9.59 Å². The molecule has 0 fully saturated rings. The van der Waals surface area contributed by atoms with Crippen molar-refractivity contribution < 1.29 is 31.5 Å². The third-order valence-electron chi connectivity index (χ3n) is 5.11. The SMILES string of the molecule is O=C(NCCc1ccccc1)C(=Cc1c(F)c(F)c(F)c(F)c1F)C(=O)NCCc1ccccc1. The Morgan fingerprint density at radius 2 is 0.971 bits per heavy atom. The van der Waals surface area contributed by atoms with Gasteiger partial charge in [-0.05, 0) is 30.0 Å². The van der Waals surface area contributed by atoms with Gasteiger partial charge in [-0.15, -0.1) is 0 Å². The molecule has 0 saturated carbocycles. The van der Waals surface area contributed by atoms with Crippen molar-refractivity contribution >= 4 is 17.9 Å². The number of halogens is 5. The number of hydrogen-bond donors (Lipinski definition) is 2. The van der Waals surface area contributed by atoms with E-state index in [1.807, 2.05) is 36.4 Å². The Labute approximate surface area is 198 Å². The average molecular weight is 488 g/mol. The van der Waals surface area contributed by atoms with E-state index < -0.39 is 52.0 Å². The third kappa shape index (κ3) is 6.53. The van der Waals surface area contributed by atoms with E-state index in [0.717, 1.165) is 11.1 Å². The molecule has 182 valence electrons. The molecule has 0 saturated heterocycles. The summed E-state index contributed by atoms with van der Waals surface area (Å²) in [6, 6.07) is 18.1. The Morgan fingerprint density at radius 1 is 0.600 bits per heavy atom. The molecular formula is C26H21F5N2O2. The van der Waals surface area contributed by atoms with Crippen LogP contribution in [0.15, 0.2) is 66.2 Å². The Balaban J connectivity index is 1.83. The predicted molar refractivity (Wildman–Crippen MR) is 121 cm³/mol. The van der Waals surface area contributed by atoms with Gasteiger partial charge >= 0.3 is 0 Å². The molecule has 0 heterocycles. The predicted octanol–water partition coefficient (Wildman–Crippen LogP) is 4.48. The zero-order valence-electron chi connectivity index (χ0n) is 18.4. The summed E-state index contributed by atoms with van der Waals surface area (Å²) in [7, 11) is 0. The van der Waals surface area contributed by atoms with E-state index in [1.54, 1.807) is 24.3 Å². The molecular weight excluding hydrogens is 467 g/mol. The highest BCUT2D eigenvalue weighted by atomic mass is 19.2. The van der Waals surface area contributed by atoms with Gasteiger partial charge in [-0.25, -0.2) is 22.0 Å². The number of hydrogen-bond acceptors (Lipinski definition) is 2. The monoisotopic (exact) mass is 488 g/mol. The maximum atomic E-state index is 14.2. The molecule has 0 atom stereocenters. The lowest BCUT2D eigenvalue weighted by Crippen LogP contribution is -2.36. The lowest BCUT2D eigenvalue weighted by Gasteiger charge is -2.12. The summed E-state index contributed by atoms with van der Waals surface area (Å²) < 4.78 is 69.1. The van der Waals surface area contributed by atoms with Crippen molar-refractivity contribution in [3.8, 4) is 0 Å². The fourth-order valence-electron chi connectivity index (χ4n) is 3.25. The van der Waals surface area contributed by atoms with Gasteiger partial charge in [-0.1, -0.05) is 60.7 Å². The van der Waals surface area contributed by atoms with Gasteiger partial charge in [0.25, 0.3) is 11.8 Å². The van der Waals surface area contributed by atoms with Gasteiger partial charge in [0.05, 0.1) is 5.56 Å². The van der Waals surface area contributed by atoms with E-state index in [1.165, 1.54) is 0 Å². The molecule has 0 unspecified atom stereocenters. The number of carbonyl (C=O) groups excluding carboxylic acids is 2. The summed E-state index contributed by atoms with van der Waals surface area (Å²) >= 11 is 0. The second kappa shape index (κ2) is 11.9. The minimum absolute atomic E-state index is 0.0641. The maximum Gasteiger partial charge on any atom is 0.256 e. The quantitative estimate of drug-likeness (QED) is 0.117. The molecule has 0 aliphatic rings. The number of nitrogens with one attached hydrogen (secondary N) is 2. The second-order valence-electron chi connectivity index (χ2n) is 7.52. The molecule has 0 spiro atoms. The van der Waals surface area contributed by atoms with Crippen LogP contribution in [0.4, 0.5) is 22.0 Å². The van der Waals surface area contributed by atoms with E-state index in [0.29, 0.717) is 18.9 Å². The first-order valence-electron chi connectivity index (χ1n) is 10.7. The molecule has 0 aromatic heterocycles. The summed E-state index contributed by atoms with van der Waals surface area (Å²) in [5.74, 6) is -13.0. The van der Waals surface area contributed by atoms with Crippen LogP contribution in [0.5, 0.6) is 0 Å². The van der Waals surface area contributed by atoms with Crippen molar-refractivity contribution in [2.75, 3.05) is 13.1 Å². The summed E-state index contributed by atoms with van der Waals surface area (Å²) in [4.78, 5) is 25.5. The van der Waals surface area contributed by atoms with Crippen LogP contribution in [-0.2, 0) is 22.4 Å². The van der Waals surface area contributed by atoms with Crippen LogP contribution in [0.25, 0.3) is 6.08 Å². The number of carbonyl (C=O) groups is 2. The van der Waals surface area contributed by atoms with Crippen molar-refractivity contribution in [1.29, 1.82) is 0 Å². The van der Waals surface area contributed by atoms with Crippen molar-refractivity contribution in [2.24, 2.45) is 0 Å². The van der Waals surface area contributed by atoms with E-state index >= 15 is 0 Å². The molecule has 0 radical (unpaired) electrons. The van der Waals surface area contributed by atoms with Gasteiger partial charge in [-0.2, -0.15) is 0 Å². The summed E-state index contributed by atoms with van der Waals surface area (Å²) in [6.45, 7) is 0.128. The third-order valence-corrected chi connectivity index (χ3v) is 5.11. The first kappa shape index (κ1) is 25.6. The molecule has 4 nitrogen and oxygen atoms in total. The standard InChI is InChI=1S/C26H21F5N2O2/c27-20-18(21(28)23(30)24(31)22(20)29)15-19(25(34)32-13-11-16-7-3-1-4-8-16)26(35)33-14-12-17-9-5-2-6-10-17/h1-10,15H,11-14H2,(H,32,34)(H,33,35). The highest BCUT2D eigenvalue weighted by Gasteiger charge is 2.27. The molecule has 0 aliphatic carbocycles. The van der Waals surface area contributed by atoms with Gasteiger partial charge in [0.1, 0.15) is 5.57 Å². The average Bonchev–Trinajstić information content (AvgIpc) is 2.87. The van der Waals surface area contributed by atoms with Crippen LogP contribution in [0.1, 0.15) is 16.7 Å². The molecule has 3 aromatic carbocycles. The zero-order chi connectivity index (χ0) is 25.4. The van der Waals surface area contributed by atoms with Crippen LogP contribution in [0.3, 0.4) is 0 Å². The van der Waals surface area contributed by atoms with Crippen molar-refractivity contribution in [2.45, 2.75) is 12.8 Å². The minimum atomic E-state index is -2.33. The van der Waals surface area contributed by atoms with Gasteiger partial charge in [0, 0.05) is 13.1 Å². The largest absolute Gasteiger partial charge is 0.352 e. The molecule has 0 aliphatic heterocycles. The van der Waals surface area contributed by atoms with Crippen LogP contribution in [0.2, 0.25) is 0 Å². The lowest BCUT2D eigenvalue weighted by atomic mass is 10.1. The molecule has 2 N–H and O–H groups in total. The Bertz CT molecular complexity index is 1140. The fraction of sp³-hybridized carbons (Fsp3) is 0.154. The Kier molecular flexibility index (Phi) is 8.72. The zero-order valence-corrected chi connectivity index (χ0v) is 18.4. The van der Waals surface area contributed by atoms with Gasteiger partial charge in [0.15, 0.2) is 23.3 Å². The topological polar surface area (TPSA) is 58.2 Å². The minimum Gasteiger partial charge on any atom is -0.352 e. The molecule has 3 rings (SSSR count). The van der Waals surface area contributed by atoms with Gasteiger partial charge in [0.2, 0.25) is 5.82 Å². The van der Waals surface area contributed by atoms with Crippen LogP contribution in [0, 0.1) is 29.1 Å². The van der Waals surface area contributed by atoms with Crippen LogP contribution >= 0.6 is 0 Å². The number of rotatable bonds is 9. The molecule has 2 amide bonds. The van der Waals surface area contributed by atoms with Crippen LogP contribution < -0.4 is 10.6 Å². The first-order chi connectivity index (χ1) is 16.8. The van der Waals surface area contributed by atoms with E-state index in [9.17, 15) is 31.5 Å². The molecule has 35 heavy (non-hydrogen) atoms. The summed E-state index contributed by atoms with van der Waals surface area (Å²) in [5, 5.41) is 4.89. The Morgan fingerprint density at radius 3 is 1.37 bits per heavy atom. The fourth-order valence-corrected chi connectivity index (χ4v) is 3.25.